The van der Waals surface area contributed by atoms with Crippen LogP contribution >= 0.6 is 11.3 Å². The fourth-order valence-electron chi connectivity index (χ4n) is 2.18. The Labute approximate surface area is 115 Å². The maximum atomic E-state index is 11.9. The molecule has 0 aliphatic carbocycles. The van der Waals surface area contributed by atoms with E-state index >= 15 is 0 Å². The Balaban J connectivity index is 1.76. The number of hydrogen-bond acceptors (Lipinski definition) is 4. The monoisotopic (exact) mass is 283 g/mol. The van der Waals surface area contributed by atoms with Gasteiger partial charge in [-0.1, -0.05) is 0 Å². The van der Waals surface area contributed by atoms with Crippen LogP contribution in [0.2, 0.25) is 0 Å². The summed E-state index contributed by atoms with van der Waals surface area (Å²) in [6, 6.07) is -0.138. The molecule has 0 bridgehead atoms. The number of urea groups is 1. The number of likely N-dealkylation sites (tertiary alicyclic amines) is 1. The van der Waals surface area contributed by atoms with Crippen LogP contribution in [0.5, 0.6) is 0 Å². The lowest BCUT2D eigenvalue weighted by atomic mass is 10.1. The van der Waals surface area contributed by atoms with E-state index < -0.39 is 5.97 Å². The van der Waals surface area contributed by atoms with Crippen molar-refractivity contribution in [2.45, 2.75) is 26.3 Å². The molecule has 0 radical (unpaired) electrons. The first-order valence-electron chi connectivity index (χ1n) is 6.20. The van der Waals surface area contributed by atoms with Crippen molar-refractivity contribution >= 4 is 23.3 Å². The van der Waals surface area contributed by atoms with E-state index in [0.29, 0.717) is 19.6 Å². The van der Waals surface area contributed by atoms with E-state index in [-0.39, 0.29) is 18.4 Å². The number of amides is 2. The molecule has 7 heteroatoms. The van der Waals surface area contributed by atoms with Crippen molar-refractivity contribution in [3.63, 3.8) is 0 Å². The first-order chi connectivity index (χ1) is 9.04. The summed E-state index contributed by atoms with van der Waals surface area (Å²) in [5, 5.41) is 12.4. The summed E-state index contributed by atoms with van der Waals surface area (Å²) in [7, 11) is 0. The van der Waals surface area contributed by atoms with E-state index in [2.05, 4.69) is 10.3 Å². The van der Waals surface area contributed by atoms with Gasteiger partial charge in [-0.05, 0) is 19.3 Å². The van der Waals surface area contributed by atoms with Gasteiger partial charge in [0.1, 0.15) is 5.01 Å². The number of hydrogen-bond donors (Lipinski definition) is 2. The van der Waals surface area contributed by atoms with Crippen molar-refractivity contribution in [1.82, 2.24) is 15.2 Å². The number of aliphatic carboxylic acids is 1. The molecule has 1 fully saturated rings. The minimum atomic E-state index is -0.800. The smallest absolute Gasteiger partial charge is 0.317 e. The Kier molecular flexibility index (Phi) is 4.36. The molecule has 2 rings (SSSR count). The third kappa shape index (κ3) is 3.92. The van der Waals surface area contributed by atoms with E-state index in [9.17, 15) is 9.59 Å². The van der Waals surface area contributed by atoms with E-state index in [1.54, 1.807) is 22.4 Å². The quantitative estimate of drug-likeness (QED) is 0.876. The lowest BCUT2D eigenvalue weighted by Gasteiger charge is -2.16. The Bertz CT molecular complexity index is 475. The molecule has 1 saturated heterocycles. The zero-order valence-electron chi connectivity index (χ0n) is 10.8. The predicted molar refractivity (Wildman–Crippen MR) is 71.0 cm³/mol. The first-order valence-corrected chi connectivity index (χ1v) is 7.02. The number of thiazole rings is 1. The topological polar surface area (TPSA) is 82.5 Å². The van der Waals surface area contributed by atoms with Crippen LogP contribution in [0.25, 0.3) is 0 Å². The van der Waals surface area contributed by atoms with Crippen molar-refractivity contribution in [1.29, 1.82) is 0 Å². The standard InChI is InChI=1S/C12H17N3O3S/c1-8-5-13-10(19-8)6-14-12(18)15-3-2-9(7-15)4-11(16)17/h5,9H,2-4,6-7H2,1H3,(H,14,18)(H,16,17). The molecule has 1 aromatic heterocycles. The molecule has 1 unspecified atom stereocenters. The number of nitrogens with zero attached hydrogens (tertiary/aromatic N) is 2. The molecule has 1 atom stereocenters. The van der Waals surface area contributed by atoms with E-state index in [4.69, 9.17) is 5.11 Å². The van der Waals surface area contributed by atoms with Crippen LogP contribution in [0, 0.1) is 12.8 Å². The van der Waals surface area contributed by atoms with E-state index in [1.165, 1.54) is 0 Å². The number of carbonyl (C=O) groups is 2. The predicted octanol–water partition coefficient (Wildman–Crippen LogP) is 1.46. The number of carbonyl (C=O) groups excluding carboxylic acids is 1. The highest BCUT2D eigenvalue weighted by Crippen LogP contribution is 2.19. The van der Waals surface area contributed by atoms with Crippen molar-refractivity contribution < 1.29 is 14.7 Å². The summed E-state index contributed by atoms with van der Waals surface area (Å²) < 4.78 is 0. The SMILES string of the molecule is Cc1cnc(CNC(=O)N2CCC(CC(=O)O)C2)s1. The second-order valence-corrected chi connectivity index (χ2v) is 6.04. The number of carboxylic acid groups (broad SMARTS) is 1. The van der Waals surface area contributed by atoms with Gasteiger partial charge < -0.3 is 15.3 Å². The van der Waals surface area contributed by atoms with Crippen LogP contribution in [0.15, 0.2) is 6.20 Å². The van der Waals surface area contributed by atoms with Gasteiger partial charge >= 0.3 is 12.0 Å². The zero-order valence-corrected chi connectivity index (χ0v) is 11.6. The van der Waals surface area contributed by atoms with Gasteiger partial charge in [-0.25, -0.2) is 9.78 Å². The second kappa shape index (κ2) is 6.01. The highest BCUT2D eigenvalue weighted by atomic mass is 32.1. The van der Waals surface area contributed by atoms with Gasteiger partial charge in [0.2, 0.25) is 0 Å². The summed E-state index contributed by atoms with van der Waals surface area (Å²) in [6.07, 6.45) is 2.68. The molecule has 2 heterocycles. The molecule has 0 spiro atoms. The minimum absolute atomic E-state index is 0.0744. The van der Waals surface area contributed by atoms with Crippen LogP contribution in [0.1, 0.15) is 22.7 Å². The summed E-state index contributed by atoms with van der Waals surface area (Å²) >= 11 is 1.56. The Morgan fingerprint density at radius 3 is 3.05 bits per heavy atom. The average Bonchev–Trinajstić information content (AvgIpc) is 2.95. The maximum absolute atomic E-state index is 11.9. The summed E-state index contributed by atoms with van der Waals surface area (Å²) in [6.45, 7) is 3.55. The zero-order chi connectivity index (χ0) is 13.8. The Morgan fingerprint density at radius 1 is 1.63 bits per heavy atom. The largest absolute Gasteiger partial charge is 0.481 e. The molecule has 104 valence electrons. The Hall–Kier alpha value is -1.63. The van der Waals surface area contributed by atoms with Crippen molar-refractivity contribution in [2.24, 2.45) is 5.92 Å². The number of rotatable bonds is 4. The average molecular weight is 283 g/mol. The number of carboxylic acids is 1. The number of nitrogens with one attached hydrogen (secondary N) is 1. The fraction of sp³-hybridized carbons (Fsp3) is 0.583. The molecule has 1 aromatic rings. The molecular formula is C12H17N3O3S. The normalized spacial score (nSPS) is 18.6. The van der Waals surface area contributed by atoms with Gasteiger partial charge in [0.05, 0.1) is 6.54 Å². The third-order valence-electron chi connectivity index (χ3n) is 3.10. The minimum Gasteiger partial charge on any atom is -0.481 e. The molecule has 2 amide bonds. The number of aryl methyl sites for hydroxylation is 1. The maximum Gasteiger partial charge on any atom is 0.317 e. The molecule has 6 nitrogen and oxygen atoms in total. The molecular weight excluding hydrogens is 266 g/mol. The van der Waals surface area contributed by atoms with Crippen molar-refractivity contribution in [2.75, 3.05) is 13.1 Å². The lowest BCUT2D eigenvalue weighted by Crippen LogP contribution is -2.38. The highest BCUT2D eigenvalue weighted by Gasteiger charge is 2.27. The molecule has 0 aromatic carbocycles. The van der Waals surface area contributed by atoms with Gasteiger partial charge in [0.25, 0.3) is 0 Å². The van der Waals surface area contributed by atoms with Crippen LogP contribution < -0.4 is 5.32 Å². The van der Waals surface area contributed by atoms with Crippen molar-refractivity contribution in [3.05, 3.63) is 16.1 Å². The highest BCUT2D eigenvalue weighted by molar-refractivity contribution is 7.11. The lowest BCUT2D eigenvalue weighted by molar-refractivity contribution is -0.138. The number of aromatic nitrogens is 1. The van der Waals surface area contributed by atoms with Crippen LogP contribution in [0.4, 0.5) is 4.79 Å². The van der Waals surface area contributed by atoms with E-state index in [0.717, 1.165) is 16.3 Å². The van der Waals surface area contributed by atoms with Crippen LogP contribution in [0.3, 0.4) is 0 Å². The van der Waals surface area contributed by atoms with E-state index in [1.807, 2.05) is 6.92 Å². The summed E-state index contributed by atoms with van der Waals surface area (Å²) in [5.74, 6) is -0.726. The molecule has 2 N–H and O–H groups in total. The second-order valence-electron chi connectivity index (χ2n) is 4.72. The third-order valence-corrected chi connectivity index (χ3v) is 4.01. The van der Waals surface area contributed by atoms with Gasteiger partial charge in [0, 0.05) is 30.6 Å². The van der Waals surface area contributed by atoms with Gasteiger partial charge in [-0.3, -0.25) is 4.79 Å². The van der Waals surface area contributed by atoms with Gasteiger partial charge in [-0.2, -0.15) is 0 Å². The molecule has 0 saturated carbocycles. The van der Waals surface area contributed by atoms with Crippen LogP contribution in [-0.4, -0.2) is 40.1 Å². The van der Waals surface area contributed by atoms with Crippen LogP contribution in [-0.2, 0) is 11.3 Å². The molecule has 1 aliphatic rings. The summed E-state index contributed by atoms with van der Waals surface area (Å²) in [5.41, 5.74) is 0. The fourth-order valence-corrected chi connectivity index (χ4v) is 2.90. The van der Waals surface area contributed by atoms with Gasteiger partial charge in [-0.15, -0.1) is 11.3 Å². The Morgan fingerprint density at radius 2 is 2.42 bits per heavy atom. The molecule has 19 heavy (non-hydrogen) atoms. The summed E-state index contributed by atoms with van der Waals surface area (Å²) in [4.78, 5) is 29.5. The van der Waals surface area contributed by atoms with Crippen molar-refractivity contribution in [3.8, 4) is 0 Å². The van der Waals surface area contributed by atoms with Gasteiger partial charge in [0.15, 0.2) is 0 Å². The molecule has 1 aliphatic heterocycles. The first kappa shape index (κ1) is 13.8.